The molecule has 4 aliphatic carbocycles. The number of carbonyl (C=O) groups is 2. The van der Waals surface area contributed by atoms with Gasteiger partial charge in [0.1, 0.15) is 17.3 Å². The molecule has 116 valence electrons. The van der Waals surface area contributed by atoms with E-state index in [1.165, 1.54) is 0 Å². The van der Waals surface area contributed by atoms with Gasteiger partial charge in [0.15, 0.2) is 0 Å². The quantitative estimate of drug-likeness (QED) is 0.695. The first-order valence-electron chi connectivity index (χ1n) is 7.91. The topological polar surface area (TPSA) is 47.3 Å². The van der Waals surface area contributed by atoms with Crippen molar-refractivity contribution in [2.24, 2.45) is 40.9 Å². The summed E-state index contributed by atoms with van der Waals surface area (Å²) in [6, 6.07) is 3.76. The van der Waals surface area contributed by atoms with Crippen LogP contribution in [0.1, 0.15) is 12.2 Å². The van der Waals surface area contributed by atoms with E-state index in [4.69, 9.17) is 4.42 Å². The zero-order chi connectivity index (χ0) is 15.2. The Morgan fingerprint density at radius 2 is 2.18 bits per heavy atom. The molecule has 0 saturated heterocycles. The number of rotatable bonds is 3. The summed E-state index contributed by atoms with van der Waals surface area (Å²) in [6.45, 7) is 0. The number of furan rings is 1. The highest BCUT2D eigenvalue weighted by Crippen LogP contribution is 2.75. The van der Waals surface area contributed by atoms with Crippen molar-refractivity contribution in [1.82, 2.24) is 0 Å². The number of fused-ring (bicyclic) bond motifs is 4. The molecule has 0 amide bonds. The van der Waals surface area contributed by atoms with E-state index in [1.54, 1.807) is 6.26 Å². The Hall–Kier alpha value is -0.420. The first-order chi connectivity index (χ1) is 10.6. The number of Topliss-reactive ketones (excluding diaryl/α,β-unsaturated/α-hetero) is 2. The van der Waals surface area contributed by atoms with Crippen molar-refractivity contribution in [2.75, 3.05) is 5.33 Å². The van der Waals surface area contributed by atoms with E-state index in [-0.39, 0.29) is 17.8 Å². The highest BCUT2D eigenvalue weighted by Gasteiger charge is 2.80. The van der Waals surface area contributed by atoms with Gasteiger partial charge < -0.3 is 4.42 Å². The first kappa shape index (κ1) is 14.0. The molecule has 0 aromatic carbocycles. The van der Waals surface area contributed by atoms with Gasteiger partial charge in [0.05, 0.1) is 11.7 Å². The maximum atomic E-state index is 13.2. The number of carbonyl (C=O) groups excluding carboxylic acids is 2. The van der Waals surface area contributed by atoms with Crippen LogP contribution in [-0.4, -0.2) is 21.7 Å². The smallest absolute Gasteiger partial charge is 0.145 e. The highest BCUT2D eigenvalue weighted by atomic mass is 79.9. The Bertz CT molecular complexity index is 669. The van der Waals surface area contributed by atoms with Crippen molar-refractivity contribution in [1.29, 1.82) is 0 Å². The van der Waals surface area contributed by atoms with Gasteiger partial charge in [-0.3, -0.25) is 9.59 Å². The fourth-order valence-electron chi connectivity index (χ4n) is 6.29. The molecule has 1 heterocycles. The minimum atomic E-state index is -0.402. The summed E-state index contributed by atoms with van der Waals surface area (Å²) >= 11 is 7.43. The van der Waals surface area contributed by atoms with E-state index < -0.39 is 5.41 Å². The summed E-state index contributed by atoms with van der Waals surface area (Å²) < 4.78 is 5.45. The lowest BCUT2D eigenvalue weighted by Gasteiger charge is -2.40. The number of alkyl halides is 2. The lowest BCUT2D eigenvalue weighted by molar-refractivity contribution is -0.148. The summed E-state index contributed by atoms with van der Waals surface area (Å²) in [5, 5.41) is 0.649. The second-order valence-corrected chi connectivity index (χ2v) is 8.98. The van der Waals surface area contributed by atoms with Gasteiger partial charge in [-0.15, -0.1) is 0 Å². The fraction of sp³-hybridized carbons (Fsp3) is 0.647. The molecule has 5 rings (SSSR count). The molecular formula is C17H16Br2O3. The molecule has 5 heteroatoms. The van der Waals surface area contributed by atoms with Gasteiger partial charge in [-0.25, -0.2) is 0 Å². The van der Waals surface area contributed by atoms with Crippen LogP contribution in [0.4, 0.5) is 0 Å². The zero-order valence-corrected chi connectivity index (χ0v) is 15.0. The third kappa shape index (κ3) is 1.32. The van der Waals surface area contributed by atoms with Crippen molar-refractivity contribution in [3.8, 4) is 0 Å². The van der Waals surface area contributed by atoms with Crippen LogP contribution in [0.25, 0.3) is 0 Å². The summed E-state index contributed by atoms with van der Waals surface area (Å²) in [4.78, 5) is 26.8. The Kier molecular flexibility index (Phi) is 2.76. The lowest BCUT2D eigenvalue weighted by Crippen LogP contribution is -2.52. The normalized spacial score (nSPS) is 51.3. The number of ketones is 2. The minimum Gasteiger partial charge on any atom is -0.469 e. The van der Waals surface area contributed by atoms with E-state index in [0.717, 1.165) is 12.2 Å². The van der Waals surface area contributed by atoms with Gasteiger partial charge in [-0.2, -0.15) is 0 Å². The fourth-order valence-corrected chi connectivity index (χ4v) is 8.55. The number of hydrogen-bond donors (Lipinski definition) is 0. The maximum Gasteiger partial charge on any atom is 0.145 e. The summed E-state index contributed by atoms with van der Waals surface area (Å²) in [5.41, 5.74) is -0.402. The molecular weight excluding hydrogens is 412 g/mol. The van der Waals surface area contributed by atoms with Crippen LogP contribution in [0, 0.1) is 40.9 Å². The molecule has 1 aromatic rings. The molecule has 4 saturated carbocycles. The predicted octanol–water partition coefficient (Wildman–Crippen LogP) is 3.25. The maximum absolute atomic E-state index is 13.2. The molecule has 4 bridgehead atoms. The number of hydrogen-bond acceptors (Lipinski definition) is 3. The minimum absolute atomic E-state index is 0.0938. The zero-order valence-electron chi connectivity index (χ0n) is 11.9. The Morgan fingerprint density at radius 3 is 2.86 bits per heavy atom. The molecule has 8 atom stereocenters. The SMILES string of the molecule is O=C1[C@@H](Cc2ccco2)[C@@H]2C(=O)[C@@]3(CBr)[C@@H]4C[C@@H]([C@@H](Br)[C@H]24)[C@@H]13. The molecule has 0 radical (unpaired) electrons. The Labute approximate surface area is 145 Å². The Morgan fingerprint density at radius 1 is 1.36 bits per heavy atom. The van der Waals surface area contributed by atoms with E-state index >= 15 is 0 Å². The van der Waals surface area contributed by atoms with Gasteiger partial charge in [-0.1, -0.05) is 31.9 Å². The van der Waals surface area contributed by atoms with Crippen LogP contribution < -0.4 is 0 Å². The van der Waals surface area contributed by atoms with Crippen LogP contribution in [0.5, 0.6) is 0 Å². The van der Waals surface area contributed by atoms with E-state index in [9.17, 15) is 9.59 Å². The van der Waals surface area contributed by atoms with Crippen molar-refractivity contribution in [3.05, 3.63) is 24.2 Å². The molecule has 0 aliphatic heterocycles. The van der Waals surface area contributed by atoms with E-state index in [2.05, 4.69) is 31.9 Å². The van der Waals surface area contributed by atoms with Crippen molar-refractivity contribution in [3.63, 3.8) is 0 Å². The van der Waals surface area contributed by atoms with Gasteiger partial charge in [0.25, 0.3) is 0 Å². The molecule has 22 heavy (non-hydrogen) atoms. The van der Waals surface area contributed by atoms with E-state index in [0.29, 0.717) is 45.9 Å². The number of halogens is 2. The molecule has 0 N–H and O–H groups in total. The van der Waals surface area contributed by atoms with Gasteiger partial charge >= 0.3 is 0 Å². The molecule has 4 fully saturated rings. The standard InChI is InChI=1S/C17H16Br2O3/c18-6-17-10-5-9-13(17)15(20)8(4-7-2-1-3-22-7)11(16(17)21)12(10)14(9)19/h1-3,8-14H,4-6H2/t8-,9+,10+,11-,12-,13-,14+,17-/m0/s1. The van der Waals surface area contributed by atoms with Crippen molar-refractivity contribution < 1.29 is 14.0 Å². The lowest BCUT2D eigenvalue weighted by atomic mass is 9.62. The van der Waals surface area contributed by atoms with Crippen LogP contribution >= 0.6 is 31.9 Å². The summed E-state index contributed by atoms with van der Waals surface area (Å²) in [5.74, 6) is 2.15. The van der Waals surface area contributed by atoms with Crippen LogP contribution in [0.2, 0.25) is 0 Å². The van der Waals surface area contributed by atoms with Crippen molar-refractivity contribution >= 4 is 43.4 Å². The van der Waals surface area contributed by atoms with Gasteiger partial charge in [-0.05, 0) is 36.3 Å². The summed E-state index contributed by atoms with van der Waals surface area (Å²) in [7, 11) is 0. The molecule has 4 aliphatic rings. The van der Waals surface area contributed by atoms with Crippen LogP contribution in [0.15, 0.2) is 22.8 Å². The molecule has 1 aromatic heterocycles. The molecule has 3 nitrogen and oxygen atoms in total. The highest BCUT2D eigenvalue weighted by molar-refractivity contribution is 9.09. The Balaban J connectivity index is 1.63. The monoisotopic (exact) mass is 426 g/mol. The third-order valence-electron chi connectivity index (χ3n) is 6.92. The predicted molar refractivity (Wildman–Crippen MR) is 86.9 cm³/mol. The first-order valence-corrected chi connectivity index (χ1v) is 9.95. The average Bonchev–Trinajstić information content (AvgIpc) is 3.20. The van der Waals surface area contributed by atoms with E-state index in [1.807, 2.05) is 12.1 Å². The molecule has 0 unspecified atom stereocenters. The largest absolute Gasteiger partial charge is 0.469 e. The molecule has 0 spiro atoms. The average molecular weight is 428 g/mol. The van der Waals surface area contributed by atoms with Crippen molar-refractivity contribution in [2.45, 2.75) is 17.7 Å². The second kappa shape index (κ2) is 4.35. The summed E-state index contributed by atoms with van der Waals surface area (Å²) in [6.07, 6.45) is 3.26. The second-order valence-electron chi connectivity index (χ2n) is 7.36. The van der Waals surface area contributed by atoms with Gasteiger partial charge in [0.2, 0.25) is 0 Å². The van der Waals surface area contributed by atoms with Gasteiger partial charge in [0, 0.05) is 34.3 Å². The third-order valence-corrected chi connectivity index (χ3v) is 9.13. The van der Waals surface area contributed by atoms with Crippen LogP contribution in [0.3, 0.4) is 0 Å². The van der Waals surface area contributed by atoms with Crippen LogP contribution in [-0.2, 0) is 16.0 Å².